The Bertz CT molecular complexity index is 251. The Labute approximate surface area is 91.2 Å². The molecule has 1 heterocycles. The molecule has 0 saturated carbocycles. The summed E-state index contributed by atoms with van der Waals surface area (Å²) in [4.78, 5) is 26.6. The second kappa shape index (κ2) is 5.14. The molecular weight excluding hydrogens is 192 g/mol. The van der Waals surface area contributed by atoms with E-state index in [2.05, 4.69) is 6.92 Å². The largest absolute Gasteiger partial charge is 0.326 e. The van der Waals surface area contributed by atoms with E-state index in [0.717, 1.165) is 12.8 Å². The minimum atomic E-state index is -0.116. The molecule has 0 aromatic carbocycles. The summed E-state index contributed by atoms with van der Waals surface area (Å²) in [5, 5.41) is 0. The van der Waals surface area contributed by atoms with Gasteiger partial charge in [0.2, 0.25) is 5.91 Å². The molecule has 0 aromatic rings. The third-order valence-electron chi connectivity index (χ3n) is 2.70. The number of carbonyl (C=O) groups is 2. The van der Waals surface area contributed by atoms with E-state index in [9.17, 15) is 9.59 Å². The predicted molar refractivity (Wildman–Crippen MR) is 58.5 cm³/mol. The molecule has 0 N–H and O–H groups in total. The molecule has 3 amide bonds. The van der Waals surface area contributed by atoms with Crippen LogP contribution in [0.3, 0.4) is 0 Å². The molecule has 0 radical (unpaired) electrons. The highest BCUT2D eigenvalue weighted by Crippen LogP contribution is 2.14. The van der Waals surface area contributed by atoms with Gasteiger partial charge >= 0.3 is 6.03 Å². The van der Waals surface area contributed by atoms with Crippen molar-refractivity contribution in [1.29, 1.82) is 0 Å². The standard InChI is InChI=1S/C11H20N2O2/c1-4-5-7-13-10(14)6-8-12(9(2)3)11(13)15/h9H,4-8H2,1-3H3. The molecule has 0 unspecified atom stereocenters. The SMILES string of the molecule is CCCCN1C(=O)CCN(C(C)C)C1=O. The van der Waals surface area contributed by atoms with Crippen LogP contribution in [0.1, 0.15) is 40.0 Å². The van der Waals surface area contributed by atoms with Crippen LogP contribution in [0.15, 0.2) is 0 Å². The summed E-state index contributed by atoms with van der Waals surface area (Å²) in [6, 6.07) is 0.0597. The molecule has 86 valence electrons. The zero-order chi connectivity index (χ0) is 11.4. The first-order valence-electron chi connectivity index (χ1n) is 5.69. The number of carbonyl (C=O) groups excluding carboxylic acids is 2. The number of unbranched alkanes of at least 4 members (excludes halogenated alkanes) is 1. The molecule has 1 rings (SSSR count). The van der Waals surface area contributed by atoms with E-state index in [1.165, 1.54) is 4.90 Å². The van der Waals surface area contributed by atoms with E-state index < -0.39 is 0 Å². The average molecular weight is 212 g/mol. The second-order valence-electron chi connectivity index (χ2n) is 4.22. The van der Waals surface area contributed by atoms with E-state index in [1.54, 1.807) is 4.90 Å². The first-order valence-corrected chi connectivity index (χ1v) is 5.69. The third kappa shape index (κ3) is 2.70. The van der Waals surface area contributed by atoms with Crippen LogP contribution < -0.4 is 0 Å². The van der Waals surface area contributed by atoms with Crippen molar-refractivity contribution in [3.63, 3.8) is 0 Å². The van der Waals surface area contributed by atoms with Crippen LogP contribution >= 0.6 is 0 Å². The smallest absolute Gasteiger partial charge is 0.321 e. The number of imide groups is 1. The molecule has 1 aliphatic heterocycles. The van der Waals surface area contributed by atoms with E-state index >= 15 is 0 Å². The fraction of sp³-hybridized carbons (Fsp3) is 0.818. The van der Waals surface area contributed by atoms with Crippen molar-refractivity contribution in [1.82, 2.24) is 9.80 Å². The highest BCUT2D eigenvalue weighted by Gasteiger charge is 2.32. The van der Waals surface area contributed by atoms with Gasteiger partial charge in [0, 0.05) is 25.6 Å². The van der Waals surface area contributed by atoms with Gasteiger partial charge in [0.15, 0.2) is 0 Å². The molecule has 0 aromatic heterocycles. The first kappa shape index (κ1) is 12.0. The van der Waals surface area contributed by atoms with E-state index in [0.29, 0.717) is 19.5 Å². The van der Waals surface area contributed by atoms with Crippen molar-refractivity contribution >= 4 is 11.9 Å². The van der Waals surface area contributed by atoms with Crippen molar-refractivity contribution in [3.8, 4) is 0 Å². The second-order valence-corrected chi connectivity index (χ2v) is 4.22. The summed E-state index contributed by atoms with van der Waals surface area (Å²) >= 11 is 0. The fourth-order valence-corrected chi connectivity index (χ4v) is 1.72. The number of amides is 3. The Kier molecular flexibility index (Phi) is 4.12. The number of nitrogens with zero attached hydrogens (tertiary/aromatic N) is 2. The van der Waals surface area contributed by atoms with Gasteiger partial charge in [-0.3, -0.25) is 9.69 Å². The van der Waals surface area contributed by atoms with Gasteiger partial charge in [-0.1, -0.05) is 13.3 Å². The molecule has 15 heavy (non-hydrogen) atoms. The van der Waals surface area contributed by atoms with Crippen molar-refractivity contribution in [2.75, 3.05) is 13.1 Å². The number of hydrogen-bond donors (Lipinski definition) is 0. The zero-order valence-corrected chi connectivity index (χ0v) is 9.82. The van der Waals surface area contributed by atoms with Gasteiger partial charge in [0.25, 0.3) is 0 Å². The Morgan fingerprint density at radius 1 is 1.33 bits per heavy atom. The Morgan fingerprint density at radius 2 is 2.00 bits per heavy atom. The molecule has 0 atom stereocenters. The fourth-order valence-electron chi connectivity index (χ4n) is 1.72. The van der Waals surface area contributed by atoms with Crippen molar-refractivity contribution < 1.29 is 9.59 Å². The topological polar surface area (TPSA) is 40.6 Å². The van der Waals surface area contributed by atoms with Crippen LogP contribution in [0, 0.1) is 0 Å². The maximum Gasteiger partial charge on any atom is 0.326 e. The average Bonchev–Trinajstić information content (AvgIpc) is 2.17. The van der Waals surface area contributed by atoms with Crippen LogP contribution in [-0.2, 0) is 4.79 Å². The van der Waals surface area contributed by atoms with Crippen LogP contribution in [0.5, 0.6) is 0 Å². The lowest BCUT2D eigenvalue weighted by Gasteiger charge is -2.36. The predicted octanol–water partition coefficient (Wildman–Crippen LogP) is 1.85. The van der Waals surface area contributed by atoms with Crippen molar-refractivity contribution in [2.45, 2.75) is 46.1 Å². The highest BCUT2D eigenvalue weighted by atomic mass is 16.2. The first-order chi connectivity index (χ1) is 7.07. The Morgan fingerprint density at radius 3 is 2.53 bits per heavy atom. The molecule has 0 spiro atoms. The van der Waals surface area contributed by atoms with Gasteiger partial charge in [-0.05, 0) is 20.3 Å². The van der Waals surface area contributed by atoms with Crippen LogP contribution in [0.4, 0.5) is 4.79 Å². The molecule has 1 aliphatic rings. The van der Waals surface area contributed by atoms with Gasteiger partial charge in [0.05, 0.1) is 0 Å². The Balaban J connectivity index is 2.65. The lowest BCUT2D eigenvalue weighted by atomic mass is 10.2. The molecule has 1 saturated heterocycles. The highest BCUT2D eigenvalue weighted by molar-refractivity contribution is 5.96. The molecule has 4 nitrogen and oxygen atoms in total. The van der Waals surface area contributed by atoms with E-state index in [1.807, 2.05) is 13.8 Å². The summed E-state index contributed by atoms with van der Waals surface area (Å²) in [5.41, 5.74) is 0. The molecule has 4 heteroatoms. The lowest BCUT2D eigenvalue weighted by Crippen LogP contribution is -2.54. The monoisotopic (exact) mass is 212 g/mol. The van der Waals surface area contributed by atoms with Gasteiger partial charge in [0.1, 0.15) is 0 Å². The third-order valence-corrected chi connectivity index (χ3v) is 2.70. The minimum absolute atomic E-state index is 0.0228. The van der Waals surface area contributed by atoms with Crippen LogP contribution in [-0.4, -0.2) is 40.9 Å². The minimum Gasteiger partial charge on any atom is -0.321 e. The van der Waals surface area contributed by atoms with Crippen LogP contribution in [0.2, 0.25) is 0 Å². The van der Waals surface area contributed by atoms with Crippen LogP contribution in [0.25, 0.3) is 0 Å². The van der Waals surface area contributed by atoms with Crippen molar-refractivity contribution in [3.05, 3.63) is 0 Å². The molecule has 0 aliphatic carbocycles. The normalized spacial score (nSPS) is 17.9. The summed E-state index contributed by atoms with van der Waals surface area (Å²) in [6.45, 7) is 7.14. The number of urea groups is 1. The van der Waals surface area contributed by atoms with E-state index in [4.69, 9.17) is 0 Å². The summed E-state index contributed by atoms with van der Waals surface area (Å²) < 4.78 is 0. The van der Waals surface area contributed by atoms with Gasteiger partial charge in [-0.25, -0.2) is 4.79 Å². The van der Waals surface area contributed by atoms with E-state index in [-0.39, 0.29) is 18.0 Å². The summed E-state index contributed by atoms with van der Waals surface area (Å²) in [6.07, 6.45) is 2.36. The van der Waals surface area contributed by atoms with Gasteiger partial charge in [-0.15, -0.1) is 0 Å². The van der Waals surface area contributed by atoms with Crippen molar-refractivity contribution in [2.24, 2.45) is 0 Å². The molecule has 0 bridgehead atoms. The maximum absolute atomic E-state index is 11.9. The zero-order valence-electron chi connectivity index (χ0n) is 9.82. The molecular formula is C11H20N2O2. The summed E-state index contributed by atoms with van der Waals surface area (Å²) in [5.74, 6) is -0.0228. The quantitative estimate of drug-likeness (QED) is 0.713. The maximum atomic E-state index is 11.9. The summed E-state index contributed by atoms with van der Waals surface area (Å²) in [7, 11) is 0. The molecule has 1 fully saturated rings. The Hall–Kier alpha value is -1.06. The number of hydrogen-bond acceptors (Lipinski definition) is 2. The lowest BCUT2D eigenvalue weighted by molar-refractivity contribution is -0.131. The van der Waals surface area contributed by atoms with Gasteiger partial charge < -0.3 is 4.90 Å². The number of rotatable bonds is 4. The van der Waals surface area contributed by atoms with Gasteiger partial charge in [-0.2, -0.15) is 0 Å².